The van der Waals surface area contributed by atoms with Crippen molar-refractivity contribution in [3.05, 3.63) is 77.9 Å². The molecule has 4 N–H and O–H groups in total. The summed E-state index contributed by atoms with van der Waals surface area (Å²) in [4.78, 5) is 45.5. The lowest BCUT2D eigenvalue weighted by atomic mass is 10.1. The molecule has 132 valence electrons. The van der Waals surface area contributed by atoms with Gasteiger partial charge in [0.1, 0.15) is 0 Å². The molecule has 8 heteroatoms. The summed E-state index contributed by atoms with van der Waals surface area (Å²) in [6.45, 7) is 0. The van der Waals surface area contributed by atoms with Crippen molar-refractivity contribution in [2.24, 2.45) is 0 Å². The Bertz CT molecular complexity index is 845. The van der Waals surface area contributed by atoms with Crippen molar-refractivity contribution in [1.82, 2.24) is 10.9 Å². The molecular formula is C18H15N3O5. The van der Waals surface area contributed by atoms with Crippen LogP contribution in [0.15, 0.2) is 66.7 Å². The molecule has 8 nitrogen and oxygen atoms in total. The van der Waals surface area contributed by atoms with E-state index in [-0.39, 0.29) is 11.5 Å². The van der Waals surface area contributed by atoms with Gasteiger partial charge in [0.2, 0.25) is 0 Å². The van der Waals surface area contributed by atoms with Gasteiger partial charge in [-0.3, -0.25) is 25.2 Å². The van der Waals surface area contributed by atoms with Crippen LogP contribution < -0.4 is 16.2 Å². The van der Waals surface area contributed by atoms with Gasteiger partial charge < -0.3 is 10.4 Å². The number of aliphatic carboxylic acids is 1. The van der Waals surface area contributed by atoms with Crippen LogP contribution in [-0.4, -0.2) is 28.8 Å². The summed E-state index contributed by atoms with van der Waals surface area (Å²) in [5, 5.41) is 11.1. The van der Waals surface area contributed by atoms with Crippen LogP contribution >= 0.6 is 0 Å². The lowest BCUT2D eigenvalue weighted by molar-refractivity contribution is -0.131. The number of carboxylic acid groups (broad SMARTS) is 1. The van der Waals surface area contributed by atoms with Gasteiger partial charge in [-0.05, 0) is 36.4 Å². The molecule has 0 aromatic heterocycles. The van der Waals surface area contributed by atoms with Crippen molar-refractivity contribution in [3.8, 4) is 0 Å². The lowest BCUT2D eigenvalue weighted by Crippen LogP contribution is -2.40. The first kappa shape index (κ1) is 18.4. The molecule has 2 aromatic carbocycles. The van der Waals surface area contributed by atoms with Gasteiger partial charge in [-0.2, -0.15) is 0 Å². The number of hydrogen-bond donors (Lipinski definition) is 4. The summed E-state index contributed by atoms with van der Waals surface area (Å²) in [6.07, 6.45) is 1.41. The second kappa shape index (κ2) is 8.78. The molecule has 2 aromatic rings. The molecule has 0 atom stereocenters. The zero-order chi connectivity index (χ0) is 18.9. The van der Waals surface area contributed by atoms with E-state index in [0.29, 0.717) is 17.3 Å². The molecule has 0 aliphatic rings. The van der Waals surface area contributed by atoms with E-state index in [1.807, 2.05) is 5.43 Å². The highest BCUT2D eigenvalue weighted by atomic mass is 16.4. The molecule has 3 amide bonds. The van der Waals surface area contributed by atoms with Gasteiger partial charge in [0.25, 0.3) is 17.7 Å². The molecule has 0 aliphatic heterocycles. The number of hydrazine groups is 1. The summed E-state index contributed by atoms with van der Waals surface area (Å²) in [7, 11) is 0. The summed E-state index contributed by atoms with van der Waals surface area (Å²) in [5.41, 5.74) is 5.44. The van der Waals surface area contributed by atoms with Crippen molar-refractivity contribution < 1.29 is 24.3 Å². The molecule has 0 saturated heterocycles. The molecule has 0 unspecified atom stereocenters. The van der Waals surface area contributed by atoms with Gasteiger partial charge in [0.05, 0.1) is 0 Å². The molecule has 0 bridgehead atoms. The first-order valence-electron chi connectivity index (χ1n) is 7.43. The van der Waals surface area contributed by atoms with Gasteiger partial charge in [-0.25, -0.2) is 4.79 Å². The van der Waals surface area contributed by atoms with Crippen LogP contribution in [0.3, 0.4) is 0 Å². The topological polar surface area (TPSA) is 125 Å². The Labute approximate surface area is 148 Å². The van der Waals surface area contributed by atoms with Gasteiger partial charge in [0, 0.05) is 29.0 Å². The third-order valence-electron chi connectivity index (χ3n) is 3.12. The van der Waals surface area contributed by atoms with E-state index in [2.05, 4.69) is 10.7 Å². The largest absolute Gasteiger partial charge is 0.478 e. The third-order valence-corrected chi connectivity index (χ3v) is 3.12. The molecule has 0 radical (unpaired) electrons. The summed E-state index contributed by atoms with van der Waals surface area (Å²) < 4.78 is 0. The lowest BCUT2D eigenvalue weighted by Gasteiger charge is -2.08. The molecule has 0 saturated carbocycles. The predicted molar refractivity (Wildman–Crippen MR) is 93.2 cm³/mol. The highest BCUT2D eigenvalue weighted by Crippen LogP contribution is 2.11. The first-order chi connectivity index (χ1) is 12.5. The van der Waals surface area contributed by atoms with Crippen LogP contribution in [0, 0.1) is 0 Å². The van der Waals surface area contributed by atoms with E-state index in [1.54, 1.807) is 42.5 Å². The van der Waals surface area contributed by atoms with Crippen LogP contribution in [0.1, 0.15) is 20.7 Å². The number of hydrogen-bond acceptors (Lipinski definition) is 4. The van der Waals surface area contributed by atoms with Crippen molar-refractivity contribution >= 4 is 29.4 Å². The van der Waals surface area contributed by atoms with E-state index in [9.17, 15) is 19.2 Å². The predicted octanol–water partition coefficient (Wildman–Crippen LogP) is 1.34. The molecule has 0 aliphatic carbocycles. The monoisotopic (exact) mass is 353 g/mol. The number of anilines is 1. The average Bonchev–Trinajstić information content (AvgIpc) is 2.65. The van der Waals surface area contributed by atoms with Gasteiger partial charge >= 0.3 is 5.97 Å². The summed E-state index contributed by atoms with van der Waals surface area (Å²) in [5.74, 6) is -2.93. The number of carboxylic acids is 1. The van der Waals surface area contributed by atoms with Gasteiger partial charge in [-0.15, -0.1) is 0 Å². The Morgan fingerprint density at radius 1 is 0.731 bits per heavy atom. The van der Waals surface area contributed by atoms with E-state index < -0.39 is 17.8 Å². The number of carbonyl (C=O) groups excluding carboxylic acids is 3. The molecule has 26 heavy (non-hydrogen) atoms. The Kier molecular flexibility index (Phi) is 6.22. The zero-order valence-electron chi connectivity index (χ0n) is 13.4. The smallest absolute Gasteiger partial charge is 0.328 e. The van der Waals surface area contributed by atoms with E-state index >= 15 is 0 Å². The molecular weight excluding hydrogens is 338 g/mol. The highest BCUT2D eigenvalue weighted by Gasteiger charge is 2.08. The standard InChI is InChI=1S/C18H15N3O5/c22-15(10-11-16(23)24)20-21-18(26)13-6-8-14(9-7-13)19-17(25)12-4-2-1-3-5-12/h1-11H,(H,19,25)(H,20,22)(H,21,26)(H,23,24)/b11-10-. The quantitative estimate of drug-likeness (QED) is 0.477. The fourth-order valence-electron chi connectivity index (χ4n) is 1.88. The minimum Gasteiger partial charge on any atom is -0.478 e. The molecule has 0 heterocycles. The van der Waals surface area contributed by atoms with Crippen LogP contribution in [0.4, 0.5) is 5.69 Å². The summed E-state index contributed by atoms with van der Waals surface area (Å²) >= 11 is 0. The molecule has 0 spiro atoms. The van der Waals surface area contributed by atoms with E-state index in [0.717, 1.165) is 6.08 Å². The number of rotatable bonds is 5. The number of carbonyl (C=O) groups is 4. The molecule has 0 fully saturated rings. The maximum absolute atomic E-state index is 12.0. The maximum atomic E-state index is 12.0. The van der Waals surface area contributed by atoms with Crippen molar-refractivity contribution in [2.75, 3.05) is 5.32 Å². The fraction of sp³-hybridized carbons (Fsp3) is 0. The van der Waals surface area contributed by atoms with Crippen molar-refractivity contribution in [2.45, 2.75) is 0 Å². The average molecular weight is 353 g/mol. The highest BCUT2D eigenvalue weighted by molar-refractivity contribution is 6.04. The fourth-order valence-corrected chi connectivity index (χ4v) is 1.88. The Morgan fingerprint density at radius 3 is 1.96 bits per heavy atom. The Morgan fingerprint density at radius 2 is 1.35 bits per heavy atom. The van der Waals surface area contributed by atoms with Crippen molar-refractivity contribution in [3.63, 3.8) is 0 Å². The van der Waals surface area contributed by atoms with E-state index in [4.69, 9.17) is 5.11 Å². The maximum Gasteiger partial charge on any atom is 0.328 e. The number of nitrogens with one attached hydrogen (secondary N) is 3. The Hall–Kier alpha value is -3.94. The SMILES string of the molecule is O=C(O)/C=C\C(=O)NNC(=O)c1ccc(NC(=O)c2ccccc2)cc1. The van der Waals surface area contributed by atoms with Crippen LogP contribution in [0.5, 0.6) is 0 Å². The third kappa shape index (κ3) is 5.60. The Balaban J connectivity index is 1.90. The first-order valence-corrected chi connectivity index (χ1v) is 7.43. The zero-order valence-corrected chi connectivity index (χ0v) is 13.4. The van der Waals surface area contributed by atoms with Crippen molar-refractivity contribution in [1.29, 1.82) is 0 Å². The normalized spacial score (nSPS) is 10.2. The number of benzene rings is 2. The van der Waals surface area contributed by atoms with Crippen LogP contribution in [0.2, 0.25) is 0 Å². The van der Waals surface area contributed by atoms with Gasteiger partial charge in [0.15, 0.2) is 0 Å². The molecule has 2 rings (SSSR count). The van der Waals surface area contributed by atoms with Crippen LogP contribution in [0.25, 0.3) is 0 Å². The minimum absolute atomic E-state index is 0.241. The second-order valence-corrected chi connectivity index (χ2v) is 5.01. The second-order valence-electron chi connectivity index (χ2n) is 5.01. The van der Waals surface area contributed by atoms with Gasteiger partial charge in [-0.1, -0.05) is 18.2 Å². The van der Waals surface area contributed by atoms with Crippen LogP contribution in [-0.2, 0) is 9.59 Å². The minimum atomic E-state index is -1.28. The summed E-state index contributed by atoms with van der Waals surface area (Å²) in [6, 6.07) is 14.7. The van der Waals surface area contributed by atoms with E-state index in [1.165, 1.54) is 12.1 Å². The number of amides is 3.